The zero-order valence-electron chi connectivity index (χ0n) is 17.6. The van der Waals surface area contributed by atoms with Gasteiger partial charge in [-0.15, -0.1) is 5.11 Å². The molecule has 9 nitrogen and oxygen atoms in total. The number of hydrogen-bond donors (Lipinski definition) is 3. The number of anilines is 2. The highest BCUT2D eigenvalue weighted by molar-refractivity contribution is 6.18. The van der Waals surface area contributed by atoms with Crippen LogP contribution in [0.1, 0.15) is 25.2 Å². The van der Waals surface area contributed by atoms with Crippen LogP contribution in [-0.4, -0.2) is 26.5 Å². The number of nitrogens with one attached hydrogen (secondary N) is 1. The molecule has 1 aromatic heterocycles. The van der Waals surface area contributed by atoms with Gasteiger partial charge in [0, 0.05) is 5.56 Å². The maximum Gasteiger partial charge on any atom is 0.181 e. The van der Waals surface area contributed by atoms with Crippen molar-refractivity contribution in [3.05, 3.63) is 71.8 Å². The molecule has 1 aliphatic rings. The van der Waals surface area contributed by atoms with Gasteiger partial charge in [-0.05, 0) is 32.0 Å². The first-order valence-electron chi connectivity index (χ1n) is 9.86. The predicted octanol–water partition coefficient (Wildman–Crippen LogP) is 4.42. The number of amidine groups is 1. The third kappa shape index (κ3) is 3.89. The molecule has 0 saturated heterocycles. The van der Waals surface area contributed by atoms with E-state index in [9.17, 15) is 4.39 Å². The van der Waals surface area contributed by atoms with Crippen molar-refractivity contribution in [3.63, 3.8) is 0 Å². The third-order valence-corrected chi connectivity index (χ3v) is 5.11. The summed E-state index contributed by atoms with van der Waals surface area (Å²) in [6, 6.07) is 15.5. The molecule has 2 aromatic carbocycles. The van der Waals surface area contributed by atoms with E-state index in [0.717, 1.165) is 0 Å². The maximum atomic E-state index is 14.1. The van der Waals surface area contributed by atoms with Gasteiger partial charge in [-0.3, -0.25) is 5.41 Å². The van der Waals surface area contributed by atoms with Gasteiger partial charge in [-0.2, -0.15) is 10.2 Å². The lowest BCUT2D eigenvalue weighted by molar-refractivity contribution is 0.419. The van der Waals surface area contributed by atoms with Crippen LogP contribution in [0.25, 0.3) is 0 Å². The quantitative estimate of drug-likeness (QED) is 0.513. The van der Waals surface area contributed by atoms with Crippen molar-refractivity contribution >= 4 is 34.6 Å². The average Bonchev–Trinajstić information content (AvgIpc) is 2.99. The summed E-state index contributed by atoms with van der Waals surface area (Å²) in [6.45, 7) is 3.73. The summed E-state index contributed by atoms with van der Waals surface area (Å²) in [7, 11) is 0. The van der Waals surface area contributed by atoms with Crippen molar-refractivity contribution in [2.75, 3.05) is 11.5 Å². The highest BCUT2D eigenvalue weighted by atomic mass is 19.1. The Hall–Kier alpha value is -4.21. The number of nitrogens with two attached hydrogens (primary N) is 2. The second-order valence-corrected chi connectivity index (χ2v) is 7.77. The van der Waals surface area contributed by atoms with Crippen molar-refractivity contribution in [2.24, 2.45) is 20.7 Å². The number of rotatable bonds is 5. The third-order valence-electron chi connectivity index (χ3n) is 5.11. The molecule has 0 bridgehead atoms. The number of hydrazone groups is 1. The van der Waals surface area contributed by atoms with Crippen LogP contribution >= 0.6 is 0 Å². The molecule has 0 saturated carbocycles. The molecule has 32 heavy (non-hydrogen) atoms. The molecule has 5 N–H and O–H groups in total. The summed E-state index contributed by atoms with van der Waals surface area (Å²) in [5.74, 6) is 0.0999. The van der Waals surface area contributed by atoms with Gasteiger partial charge in [-0.25, -0.2) is 19.4 Å². The SMILES string of the molecule is CC1(C)C(=N)N(Cc2ccccc2F)N=C1c1nc(N)c(/N=N/c2ccccc2)c(N)n1. The van der Waals surface area contributed by atoms with Gasteiger partial charge in [0.15, 0.2) is 23.1 Å². The van der Waals surface area contributed by atoms with Gasteiger partial charge in [0.2, 0.25) is 0 Å². The summed E-state index contributed by atoms with van der Waals surface area (Å²) in [5, 5.41) is 22.7. The van der Waals surface area contributed by atoms with Crippen molar-refractivity contribution in [3.8, 4) is 0 Å². The van der Waals surface area contributed by atoms with Crippen molar-refractivity contribution in [1.29, 1.82) is 5.41 Å². The van der Waals surface area contributed by atoms with Crippen LogP contribution in [0.15, 0.2) is 69.9 Å². The number of nitrogen functional groups attached to an aromatic ring is 2. The number of aromatic nitrogens is 2. The Morgan fingerprint density at radius 2 is 1.59 bits per heavy atom. The molecule has 2 heterocycles. The molecule has 1 aliphatic heterocycles. The van der Waals surface area contributed by atoms with Crippen LogP contribution in [-0.2, 0) is 6.54 Å². The van der Waals surface area contributed by atoms with Crippen LogP contribution in [0.2, 0.25) is 0 Å². The molecule has 0 unspecified atom stereocenters. The first kappa shape index (κ1) is 21.0. The molecule has 0 amide bonds. The monoisotopic (exact) mass is 431 g/mol. The fourth-order valence-corrected chi connectivity index (χ4v) is 3.26. The Morgan fingerprint density at radius 1 is 0.969 bits per heavy atom. The molecule has 0 aliphatic carbocycles. The second-order valence-electron chi connectivity index (χ2n) is 7.77. The molecule has 162 valence electrons. The molecular formula is C22H22FN9. The first-order chi connectivity index (χ1) is 15.3. The molecule has 0 fully saturated rings. The Bertz CT molecular complexity index is 1210. The Morgan fingerprint density at radius 3 is 2.25 bits per heavy atom. The van der Waals surface area contributed by atoms with Gasteiger partial charge in [0.1, 0.15) is 17.4 Å². The van der Waals surface area contributed by atoms with Crippen LogP contribution in [0.3, 0.4) is 0 Å². The number of halogens is 1. The van der Waals surface area contributed by atoms with E-state index in [-0.39, 0.29) is 41.3 Å². The Labute approximate surface area is 184 Å². The molecular weight excluding hydrogens is 409 g/mol. The van der Waals surface area contributed by atoms with Gasteiger partial charge in [0.05, 0.1) is 17.6 Å². The first-order valence-corrected chi connectivity index (χ1v) is 9.86. The number of hydrogen-bond acceptors (Lipinski definition) is 8. The normalized spacial score (nSPS) is 15.4. The van der Waals surface area contributed by atoms with Gasteiger partial charge in [0.25, 0.3) is 0 Å². The van der Waals surface area contributed by atoms with E-state index in [0.29, 0.717) is 17.0 Å². The van der Waals surface area contributed by atoms with Crippen molar-refractivity contribution in [2.45, 2.75) is 20.4 Å². The van der Waals surface area contributed by atoms with Gasteiger partial charge < -0.3 is 11.5 Å². The Kier molecular flexibility index (Phi) is 5.35. The summed E-state index contributed by atoms with van der Waals surface area (Å²) < 4.78 is 14.1. The summed E-state index contributed by atoms with van der Waals surface area (Å²) in [5.41, 5.74) is 13.0. The number of nitrogens with zero attached hydrogens (tertiary/aromatic N) is 6. The minimum absolute atomic E-state index is 0.0461. The van der Waals surface area contributed by atoms with E-state index in [1.165, 1.54) is 11.1 Å². The lowest BCUT2D eigenvalue weighted by atomic mass is 9.86. The topological polar surface area (TPSA) is 142 Å². The van der Waals surface area contributed by atoms with E-state index in [4.69, 9.17) is 16.9 Å². The van der Waals surface area contributed by atoms with Crippen molar-refractivity contribution in [1.82, 2.24) is 15.0 Å². The van der Waals surface area contributed by atoms with E-state index >= 15 is 0 Å². The lowest BCUT2D eigenvalue weighted by Crippen LogP contribution is -2.35. The molecule has 3 aromatic rings. The van der Waals surface area contributed by atoms with E-state index < -0.39 is 5.41 Å². The maximum absolute atomic E-state index is 14.1. The van der Waals surface area contributed by atoms with Crippen LogP contribution in [0, 0.1) is 16.6 Å². The lowest BCUT2D eigenvalue weighted by Gasteiger charge is -2.22. The van der Waals surface area contributed by atoms with Crippen LogP contribution in [0.4, 0.5) is 27.4 Å². The second kappa shape index (κ2) is 8.14. The highest BCUT2D eigenvalue weighted by Crippen LogP contribution is 2.35. The van der Waals surface area contributed by atoms with E-state index in [2.05, 4.69) is 25.3 Å². The van der Waals surface area contributed by atoms with Gasteiger partial charge >= 0.3 is 0 Å². The fourth-order valence-electron chi connectivity index (χ4n) is 3.26. The minimum atomic E-state index is -0.836. The predicted molar refractivity (Wildman–Crippen MR) is 121 cm³/mol. The summed E-state index contributed by atoms with van der Waals surface area (Å²) in [6.07, 6.45) is 0. The fraction of sp³-hybridized carbons (Fsp3) is 0.182. The zero-order valence-corrected chi connectivity index (χ0v) is 17.6. The number of azo groups is 1. The highest BCUT2D eigenvalue weighted by Gasteiger charge is 2.42. The summed E-state index contributed by atoms with van der Waals surface area (Å²) in [4.78, 5) is 8.64. The Balaban J connectivity index is 1.66. The zero-order chi connectivity index (χ0) is 22.9. The van der Waals surface area contributed by atoms with Gasteiger partial charge in [-0.1, -0.05) is 36.4 Å². The van der Waals surface area contributed by atoms with Crippen LogP contribution in [0.5, 0.6) is 0 Å². The molecule has 0 radical (unpaired) electrons. The average molecular weight is 431 g/mol. The van der Waals surface area contributed by atoms with Crippen molar-refractivity contribution < 1.29 is 4.39 Å². The smallest absolute Gasteiger partial charge is 0.181 e. The number of benzene rings is 2. The van der Waals surface area contributed by atoms with Crippen LogP contribution < -0.4 is 11.5 Å². The standard InChI is InChI=1S/C22H22FN9/c1-22(2)17(31-32(21(22)26)12-13-8-6-7-11-15(13)23)20-27-18(24)16(19(25)28-20)30-29-14-9-4-3-5-10-14/h3-11,26H,12H2,1-2H3,(H4,24,25,27,28)/b26-21?,30-29+. The molecule has 4 rings (SSSR count). The summed E-state index contributed by atoms with van der Waals surface area (Å²) >= 11 is 0. The minimum Gasteiger partial charge on any atom is -0.382 e. The van der Waals surface area contributed by atoms with E-state index in [1.807, 2.05) is 32.0 Å². The molecule has 0 atom stereocenters. The van der Waals surface area contributed by atoms with E-state index in [1.54, 1.807) is 30.3 Å². The molecule has 10 heteroatoms. The largest absolute Gasteiger partial charge is 0.382 e. The molecule has 0 spiro atoms.